The number of hydrogen-bond donors (Lipinski definition) is 1. The lowest BCUT2D eigenvalue weighted by atomic mass is 9.79. The topological polar surface area (TPSA) is 15.3 Å². The zero-order valence-electron chi connectivity index (χ0n) is 11.4. The molecule has 1 aliphatic heterocycles. The van der Waals surface area contributed by atoms with Crippen LogP contribution in [0.25, 0.3) is 0 Å². The lowest BCUT2D eigenvalue weighted by Crippen LogP contribution is -2.59. The number of piperazine rings is 1. The molecule has 94 valence electrons. The molecule has 2 rings (SSSR count). The van der Waals surface area contributed by atoms with Gasteiger partial charge in [-0.2, -0.15) is 0 Å². The Morgan fingerprint density at radius 2 is 1.31 bits per heavy atom. The van der Waals surface area contributed by atoms with Crippen molar-refractivity contribution in [3.8, 4) is 0 Å². The van der Waals surface area contributed by atoms with Crippen molar-refractivity contribution in [3.05, 3.63) is 0 Å². The van der Waals surface area contributed by atoms with E-state index >= 15 is 0 Å². The van der Waals surface area contributed by atoms with Crippen LogP contribution in [-0.4, -0.2) is 36.1 Å². The Balaban J connectivity index is 2.03. The van der Waals surface area contributed by atoms with E-state index in [9.17, 15) is 0 Å². The minimum Gasteiger partial charge on any atom is -0.314 e. The monoisotopic (exact) mass is 224 g/mol. The predicted octanol–water partition coefficient (Wildman–Crippen LogP) is 2.49. The fourth-order valence-electron chi connectivity index (χ4n) is 4.01. The molecule has 0 amide bonds. The summed E-state index contributed by atoms with van der Waals surface area (Å²) in [5.74, 6) is 1.84. The van der Waals surface area contributed by atoms with Crippen LogP contribution in [0.4, 0.5) is 0 Å². The zero-order valence-corrected chi connectivity index (χ0v) is 11.4. The Bertz CT molecular complexity index is 209. The van der Waals surface area contributed by atoms with Gasteiger partial charge in [0.05, 0.1) is 0 Å². The average Bonchev–Trinajstić information content (AvgIpc) is 2.15. The number of nitrogens with one attached hydrogen (secondary N) is 1. The van der Waals surface area contributed by atoms with Crippen molar-refractivity contribution in [1.29, 1.82) is 0 Å². The summed E-state index contributed by atoms with van der Waals surface area (Å²) in [6, 6.07) is 2.27. The molecule has 2 fully saturated rings. The van der Waals surface area contributed by atoms with Gasteiger partial charge in [0.15, 0.2) is 0 Å². The Morgan fingerprint density at radius 1 is 0.812 bits per heavy atom. The summed E-state index contributed by atoms with van der Waals surface area (Å²) in [4.78, 5) is 2.79. The number of rotatable bonds is 1. The van der Waals surface area contributed by atoms with Gasteiger partial charge < -0.3 is 5.32 Å². The second-order valence-corrected chi connectivity index (χ2v) is 6.37. The van der Waals surface area contributed by atoms with Gasteiger partial charge >= 0.3 is 0 Å². The molecule has 1 heterocycles. The second kappa shape index (κ2) is 5.05. The van der Waals surface area contributed by atoms with Crippen LogP contribution in [0.2, 0.25) is 0 Å². The minimum atomic E-state index is 0.714. The van der Waals surface area contributed by atoms with Crippen LogP contribution in [0, 0.1) is 11.8 Å². The van der Waals surface area contributed by atoms with E-state index in [2.05, 4.69) is 37.9 Å². The molecule has 2 nitrogen and oxygen atoms in total. The van der Waals surface area contributed by atoms with Crippen LogP contribution in [0.3, 0.4) is 0 Å². The fourth-order valence-corrected chi connectivity index (χ4v) is 4.01. The highest BCUT2D eigenvalue weighted by Crippen LogP contribution is 2.33. The first-order valence-electron chi connectivity index (χ1n) is 7.06. The molecular weight excluding hydrogens is 196 g/mol. The molecule has 16 heavy (non-hydrogen) atoms. The maximum Gasteiger partial charge on any atom is 0.0198 e. The molecule has 0 aromatic rings. The highest BCUT2D eigenvalue weighted by Gasteiger charge is 2.34. The SMILES string of the molecule is CC1CC(C)CC(N2C(C)CNCC2C)C1. The Morgan fingerprint density at radius 3 is 1.81 bits per heavy atom. The summed E-state index contributed by atoms with van der Waals surface area (Å²) in [7, 11) is 0. The molecule has 0 aromatic heterocycles. The van der Waals surface area contributed by atoms with E-state index in [1.165, 1.54) is 32.4 Å². The van der Waals surface area contributed by atoms with Gasteiger partial charge in [-0.3, -0.25) is 4.90 Å². The van der Waals surface area contributed by atoms with Crippen molar-refractivity contribution < 1.29 is 0 Å². The van der Waals surface area contributed by atoms with Crippen molar-refractivity contribution >= 4 is 0 Å². The molecule has 1 aliphatic carbocycles. The molecule has 4 atom stereocenters. The highest BCUT2D eigenvalue weighted by molar-refractivity contribution is 4.91. The quantitative estimate of drug-likeness (QED) is 0.736. The van der Waals surface area contributed by atoms with E-state index in [1.54, 1.807) is 0 Å². The van der Waals surface area contributed by atoms with Gasteiger partial charge in [0.1, 0.15) is 0 Å². The Hall–Kier alpha value is -0.0800. The van der Waals surface area contributed by atoms with E-state index in [0.29, 0.717) is 12.1 Å². The van der Waals surface area contributed by atoms with Crippen LogP contribution >= 0.6 is 0 Å². The molecular formula is C14H28N2. The summed E-state index contributed by atoms with van der Waals surface area (Å²) in [5, 5.41) is 3.53. The maximum absolute atomic E-state index is 3.53. The highest BCUT2D eigenvalue weighted by atomic mass is 15.3. The first-order chi connectivity index (χ1) is 7.58. The van der Waals surface area contributed by atoms with Crippen LogP contribution in [0.5, 0.6) is 0 Å². The van der Waals surface area contributed by atoms with Gasteiger partial charge in [-0.1, -0.05) is 13.8 Å². The van der Waals surface area contributed by atoms with Gasteiger partial charge in [-0.05, 0) is 44.9 Å². The van der Waals surface area contributed by atoms with Crippen molar-refractivity contribution in [2.24, 2.45) is 11.8 Å². The summed E-state index contributed by atoms with van der Waals surface area (Å²) in [6.07, 6.45) is 4.27. The summed E-state index contributed by atoms with van der Waals surface area (Å²) in [6.45, 7) is 12.0. The third-order valence-corrected chi connectivity index (χ3v) is 4.47. The van der Waals surface area contributed by atoms with E-state index in [1.807, 2.05) is 0 Å². The first kappa shape index (κ1) is 12.4. The van der Waals surface area contributed by atoms with E-state index in [-0.39, 0.29) is 0 Å². The standard InChI is InChI=1S/C14H28N2/c1-10-5-11(2)7-14(6-10)16-12(3)8-15-9-13(16)4/h10-15H,5-9H2,1-4H3. The van der Waals surface area contributed by atoms with Crippen LogP contribution in [-0.2, 0) is 0 Å². The fraction of sp³-hybridized carbons (Fsp3) is 1.00. The largest absolute Gasteiger partial charge is 0.314 e. The lowest BCUT2D eigenvalue weighted by Gasteiger charge is -2.48. The average molecular weight is 224 g/mol. The molecule has 2 heteroatoms. The first-order valence-corrected chi connectivity index (χ1v) is 7.06. The third-order valence-electron chi connectivity index (χ3n) is 4.47. The lowest BCUT2D eigenvalue weighted by molar-refractivity contribution is 0.0255. The number of hydrogen-bond acceptors (Lipinski definition) is 2. The normalized spacial score (nSPS) is 46.9. The van der Waals surface area contributed by atoms with Crippen molar-refractivity contribution in [2.75, 3.05) is 13.1 Å². The minimum absolute atomic E-state index is 0.714. The second-order valence-electron chi connectivity index (χ2n) is 6.37. The zero-order chi connectivity index (χ0) is 11.7. The predicted molar refractivity (Wildman–Crippen MR) is 69.6 cm³/mol. The molecule has 0 radical (unpaired) electrons. The molecule has 0 bridgehead atoms. The summed E-state index contributed by atoms with van der Waals surface area (Å²) < 4.78 is 0. The van der Waals surface area contributed by atoms with Crippen LogP contribution < -0.4 is 5.32 Å². The van der Waals surface area contributed by atoms with E-state index in [4.69, 9.17) is 0 Å². The molecule has 1 saturated carbocycles. The van der Waals surface area contributed by atoms with Crippen LogP contribution in [0.15, 0.2) is 0 Å². The smallest absolute Gasteiger partial charge is 0.0198 e. The molecule has 1 saturated heterocycles. The van der Waals surface area contributed by atoms with E-state index in [0.717, 1.165) is 17.9 Å². The summed E-state index contributed by atoms with van der Waals surface area (Å²) >= 11 is 0. The van der Waals surface area contributed by atoms with Crippen LogP contribution in [0.1, 0.15) is 47.0 Å². The maximum atomic E-state index is 3.53. The van der Waals surface area contributed by atoms with Gasteiger partial charge in [0.2, 0.25) is 0 Å². The van der Waals surface area contributed by atoms with Crippen molar-refractivity contribution in [3.63, 3.8) is 0 Å². The molecule has 2 aliphatic rings. The molecule has 0 spiro atoms. The van der Waals surface area contributed by atoms with Gasteiger partial charge in [0.25, 0.3) is 0 Å². The molecule has 4 unspecified atom stereocenters. The van der Waals surface area contributed by atoms with Gasteiger partial charge in [-0.25, -0.2) is 0 Å². The van der Waals surface area contributed by atoms with Crippen molar-refractivity contribution in [2.45, 2.75) is 65.1 Å². The Labute approximate surface area is 101 Å². The van der Waals surface area contributed by atoms with E-state index < -0.39 is 0 Å². The molecule has 1 N–H and O–H groups in total. The van der Waals surface area contributed by atoms with Gasteiger partial charge in [-0.15, -0.1) is 0 Å². The number of nitrogens with zero attached hydrogens (tertiary/aromatic N) is 1. The van der Waals surface area contributed by atoms with Gasteiger partial charge in [0, 0.05) is 31.2 Å². The van der Waals surface area contributed by atoms with Crippen molar-refractivity contribution in [1.82, 2.24) is 10.2 Å². The summed E-state index contributed by atoms with van der Waals surface area (Å²) in [5.41, 5.74) is 0. The molecule has 0 aromatic carbocycles. The Kier molecular flexibility index (Phi) is 3.91. The third kappa shape index (κ3) is 2.60.